The zero-order valence-electron chi connectivity index (χ0n) is 26.0. The van der Waals surface area contributed by atoms with Crippen molar-refractivity contribution in [3.63, 3.8) is 0 Å². The Kier molecular flexibility index (Phi) is 5.16. The van der Waals surface area contributed by atoms with Gasteiger partial charge in [-0.3, -0.25) is 0 Å². The highest BCUT2D eigenvalue weighted by atomic mass is 35.5. The molecule has 0 saturated heterocycles. The molecule has 11 atom stereocenters. The summed E-state index contributed by atoms with van der Waals surface area (Å²) in [6, 6.07) is 2.14. The first kappa shape index (κ1) is 27.4. The van der Waals surface area contributed by atoms with Crippen LogP contribution in [-0.2, 0) is 21.3 Å². The Balaban J connectivity index is 1.28. The number of ether oxygens (including phenoxy) is 2. The highest BCUT2D eigenvalue weighted by Crippen LogP contribution is 2.74. The Hall–Kier alpha value is -1.89. The van der Waals surface area contributed by atoms with Crippen LogP contribution >= 0.6 is 11.6 Å². The van der Waals surface area contributed by atoms with Crippen molar-refractivity contribution in [3.8, 4) is 0 Å². The average molecular weight is 602 g/mol. The second-order valence-corrected chi connectivity index (χ2v) is 16.5. The van der Waals surface area contributed by atoms with Gasteiger partial charge in [-0.25, -0.2) is 0 Å². The lowest BCUT2D eigenvalue weighted by Crippen LogP contribution is -2.68. The van der Waals surface area contributed by atoms with Gasteiger partial charge in [-0.15, -0.1) is 0 Å². The molecule has 228 valence electrons. The third-order valence-electron chi connectivity index (χ3n) is 14.2. The minimum absolute atomic E-state index is 0.0618. The van der Waals surface area contributed by atoms with Gasteiger partial charge >= 0.3 is 0 Å². The molecule has 0 radical (unpaired) electrons. The van der Waals surface area contributed by atoms with Gasteiger partial charge in [0.2, 0.25) is 0 Å². The number of hydrogen-bond donors (Lipinski definition) is 3. The van der Waals surface area contributed by atoms with Gasteiger partial charge in [-0.1, -0.05) is 44.2 Å². The molecule has 2 aliphatic heterocycles. The van der Waals surface area contributed by atoms with E-state index in [1.54, 1.807) is 0 Å². The normalized spacial score (nSPS) is 46.6. The van der Waals surface area contributed by atoms with Crippen molar-refractivity contribution in [2.24, 2.45) is 23.2 Å². The standard InChI is InChI=1S/C37H44ClNO4/c1-16(2)31-25(40)14-21-26(42-31)9-10-35(6)36(7)20(8-11-37(21,35)41)32-30-29-24(39-33(30)36)15-23(38)19-12-17(3)18-13-22(27(18)28(19)29)34(4,5)43-32/h14-15,18,20,22,25-27,31-32,39-41H,1,3,8-13H2,2,4-7H3/t18-,20+,22+,25-,26+,27?,31-,32+,35-,36-,37-/m1/s1. The van der Waals surface area contributed by atoms with E-state index in [-0.39, 0.29) is 23.7 Å². The number of fused-ring (bicyclic) bond motifs is 7. The monoisotopic (exact) mass is 601 g/mol. The number of aliphatic hydroxyl groups is 2. The molecule has 3 heterocycles. The minimum atomic E-state index is -1.11. The molecular formula is C37H44ClNO4. The zero-order valence-corrected chi connectivity index (χ0v) is 26.8. The summed E-state index contributed by atoms with van der Waals surface area (Å²) in [6.45, 7) is 19.8. The van der Waals surface area contributed by atoms with Crippen LogP contribution in [0.1, 0.15) is 101 Å². The summed E-state index contributed by atoms with van der Waals surface area (Å²) in [5.41, 5.74) is 7.00. The van der Waals surface area contributed by atoms with Crippen LogP contribution in [0.3, 0.4) is 0 Å². The number of allylic oxidation sites excluding steroid dienone is 1. The first-order valence-electron chi connectivity index (χ1n) is 16.4. The number of aromatic amines is 1. The molecule has 1 aromatic heterocycles. The van der Waals surface area contributed by atoms with E-state index in [4.69, 9.17) is 21.1 Å². The Morgan fingerprint density at radius 1 is 1.12 bits per heavy atom. The van der Waals surface area contributed by atoms with Crippen LogP contribution in [0.2, 0.25) is 5.02 Å². The predicted octanol–water partition coefficient (Wildman–Crippen LogP) is 7.35. The van der Waals surface area contributed by atoms with Crippen molar-refractivity contribution >= 4 is 22.5 Å². The smallest absolute Gasteiger partial charge is 0.108 e. The highest BCUT2D eigenvalue weighted by Gasteiger charge is 2.73. The summed E-state index contributed by atoms with van der Waals surface area (Å²) >= 11 is 7.09. The van der Waals surface area contributed by atoms with Crippen molar-refractivity contribution in [1.29, 1.82) is 0 Å². The van der Waals surface area contributed by atoms with Crippen LogP contribution < -0.4 is 0 Å². The lowest BCUT2D eigenvalue weighted by molar-refractivity contribution is -0.215. The average Bonchev–Trinajstić information content (AvgIpc) is 3.38. The fourth-order valence-electron chi connectivity index (χ4n) is 11.8. The number of nitrogens with one attached hydrogen (secondary N) is 1. The lowest BCUT2D eigenvalue weighted by Gasteiger charge is -2.65. The molecule has 0 amide bonds. The number of halogens is 1. The van der Waals surface area contributed by atoms with E-state index < -0.39 is 28.6 Å². The number of benzene rings is 1. The second-order valence-electron chi connectivity index (χ2n) is 16.1. The van der Waals surface area contributed by atoms with Crippen molar-refractivity contribution in [1.82, 2.24) is 4.98 Å². The molecule has 43 heavy (non-hydrogen) atoms. The summed E-state index contributed by atoms with van der Waals surface area (Å²) in [4.78, 5) is 3.96. The Morgan fingerprint density at radius 2 is 1.88 bits per heavy atom. The summed E-state index contributed by atoms with van der Waals surface area (Å²) in [5, 5.41) is 26.3. The van der Waals surface area contributed by atoms with E-state index >= 15 is 0 Å². The lowest BCUT2D eigenvalue weighted by atomic mass is 9.42. The van der Waals surface area contributed by atoms with E-state index in [9.17, 15) is 10.2 Å². The summed E-state index contributed by atoms with van der Waals surface area (Å²) in [7, 11) is 0. The fourth-order valence-corrected chi connectivity index (χ4v) is 12.0. The second kappa shape index (κ2) is 8.09. The van der Waals surface area contributed by atoms with Gasteiger partial charge in [0.25, 0.3) is 0 Å². The first-order chi connectivity index (χ1) is 20.2. The van der Waals surface area contributed by atoms with Gasteiger partial charge in [0.1, 0.15) is 12.2 Å². The molecule has 3 fully saturated rings. The molecular weight excluding hydrogens is 558 g/mol. The largest absolute Gasteiger partial charge is 0.386 e. The number of rotatable bonds is 1. The maximum atomic E-state index is 13.0. The maximum Gasteiger partial charge on any atom is 0.108 e. The van der Waals surface area contributed by atoms with E-state index in [1.807, 2.05) is 13.0 Å². The highest BCUT2D eigenvalue weighted by molar-refractivity contribution is 6.32. The third kappa shape index (κ3) is 2.93. The number of aromatic nitrogens is 1. The topological polar surface area (TPSA) is 74.7 Å². The van der Waals surface area contributed by atoms with E-state index in [2.05, 4.69) is 51.9 Å². The SMILES string of the molecule is C=C1Cc2c(Cl)cc3[nH]c4c5c3c2C2[C@@H]1C[C@@H]2C(C)(C)O[C@H]5[C@@H]1CC[C@@]2(O)C3=C[C@@H](O)[C@@H](C(=C)C)O[C@H]3CC[C@]2(C)[C@@]41C. The molecule has 7 aliphatic rings. The number of aliphatic hydroxyl groups excluding tert-OH is 1. The molecule has 0 bridgehead atoms. The zero-order chi connectivity index (χ0) is 30.2. The van der Waals surface area contributed by atoms with Gasteiger partial charge in [-0.2, -0.15) is 0 Å². The molecule has 1 unspecified atom stereocenters. The molecule has 3 N–H and O–H groups in total. The molecule has 9 rings (SSSR count). The molecule has 2 aromatic rings. The minimum Gasteiger partial charge on any atom is -0.386 e. The van der Waals surface area contributed by atoms with Gasteiger partial charge < -0.3 is 24.7 Å². The van der Waals surface area contributed by atoms with Crippen LogP contribution in [0.5, 0.6) is 0 Å². The van der Waals surface area contributed by atoms with Crippen LogP contribution in [-0.4, -0.2) is 44.7 Å². The van der Waals surface area contributed by atoms with Crippen molar-refractivity contribution in [2.45, 2.75) is 120 Å². The molecule has 5 aliphatic carbocycles. The van der Waals surface area contributed by atoms with Crippen LogP contribution in [0.15, 0.2) is 42.0 Å². The molecule has 6 heteroatoms. The molecule has 0 spiro atoms. The van der Waals surface area contributed by atoms with Crippen LogP contribution in [0.25, 0.3) is 10.9 Å². The fraction of sp³-hybridized carbons (Fsp3) is 0.622. The number of H-pyrrole nitrogens is 1. The first-order valence-corrected chi connectivity index (χ1v) is 16.8. The van der Waals surface area contributed by atoms with Gasteiger partial charge in [0.15, 0.2) is 0 Å². The Labute approximate surface area is 259 Å². The summed E-state index contributed by atoms with van der Waals surface area (Å²) < 4.78 is 13.8. The van der Waals surface area contributed by atoms with Crippen molar-refractivity contribution in [3.05, 3.63) is 69.4 Å². The van der Waals surface area contributed by atoms with E-state index in [1.165, 1.54) is 33.3 Å². The molecule has 5 nitrogen and oxygen atoms in total. The molecule has 3 saturated carbocycles. The Morgan fingerprint density at radius 3 is 2.63 bits per heavy atom. The quantitative estimate of drug-likeness (QED) is 0.299. The van der Waals surface area contributed by atoms with Gasteiger partial charge in [0, 0.05) is 43.9 Å². The van der Waals surface area contributed by atoms with Gasteiger partial charge in [-0.05, 0) is 111 Å². The third-order valence-corrected chi connectivity index (χ3v) is 14.5. The Bertz CT molecular complexity index is 1700. The van der Waals surface area contributed by atoms with Gasteiger partial charge in [0.05, 0.1) is 23.4 Å². The van der Waals surface area contributed by atoms with Crippen LogP contribution in [0.4, 0.5) is 0 Å². The van der Waals surface area contributed by atoms with Crippen LogP contribution in [0, 0.1) is 23.2 Å². The van der Waals surface area contributed by atoms with E-state index in [0.717, 1.165) is 53.8 Å². The summed E-state index contributed by atoms with van der Waals surface area (Å²) in [5.74, 6) is 1.48. The summed E-state index contributed by atoms with van der Waals surface area (Å²) in [6.07, 6.45) is 5.41. The predicted molar refractivity (Wildman–Crippen MR) is 168 cm³/mol. The molecule has 1 aromatic carbocycles. The van der Waals surface area contributed by atoms with Crippen molar-refractivity contribution < 1.29 is 19.7 Å². The van der Waals surface area contributed by atoms with Crippen molar-refractivity contribution in [2.75, 3.05) is 0 Å². The maximum absolute atomic E-state index is 13.0. The number of hydrogen-bond acceptors (Lipinski definition) is 4. The van der Waals surface area contributed by atoms with E-state index in [0.29, 0.717) is 24.2 Å².